The zero-order chi connectivity index (χ0) is 29.2. The molecule has 4 rings (SSSR count). The van der Waals surface area contributed by atoms with Gasteiger partial charge in [0.15, 0.2) is 11.7 Å². The highest BCUT2D eigenvalue weighted by Crippen LogP contribution is 2.41. The van der Waals surface area contributed by atoms with Crippen molar-refractivity contribution in [2.24, 2.45) is 10.9 Å². The van der Waals surface area contributed by atoms with Crippen molar-refractivity contribution in [2.75, 3.05) is 7.11 Å². The number of halogens is 4. The summed E-state index contributed by atoms with van der Waals surface area (Å²) >= 11 is 6.37. The number of esters is 1. The average Bonchev–Trinajstić information content (AvgIpc) is 2.87. The van der Waals surface area contributed by atoms with Gasteiger partial charge in [0.25, 0.3) is 0 Å². The molecule has 0 bridgehead atoms. The van der Waals surface area contributed by atoms with E-state index in [1.807, 2.05) is 0 Å². The SMILES string of the molecule is COC(=O)C1=C(C2CCC(NC(=O)OC(C)(C)C)CC2)NC(c2ncc(F)cc2F)=NC1c1ccc(F)cc1Cl. The largest absolute Gasteiger partial charge is 0.466 e. The topological polar surface area (TPSA) is 102 Å². The van der Waals surface area contributed by atoms with Crippen molar-refractivity contribution in [3.63, 3.8) is 0 Å². The molecule has 1 aliphatic heterocycles. The first-order chi connectivity index (χ1) is 18.9. The number of ether oxygens (including phenoxy) is 2. The number of pyridine rings is 1. The first-order valence-corrected chi connectivity index (χ1v) is 13.2. The molecular weight excluding hydrogens is 549 g/mol. The van der Waals surface area contributed by atoms with Crippen LogP contribution in [0.5, 0.6) is 0 Å². The van der Waals surface area contributed by atoms with Gasteiger partial charge in [0.1, 0.15) is 29.0 Å². The van der Waals surface area contributed by atoms with Crippen molar-refractivity contribution >= 4 is 29.5 Å². The fourth-order valence-corrected chi connectivity index (χ4v) is 5.15. The van der Waals surface area contributed by atoms with Crippen LogP contribution in [0.2, 0.25) is 5.02 Å². The molecule has 2 heterocycles. The molecule has 0 spiro atoms. The third kappa shape index (κ3) is 6.75. The second kappa shape index (κ2) is 11.9. The van der Waals surface area contributed by atoms with E-state index >= 15 is 0 Å². The van der Waals surface area contributed by atoms with Crippen LogP contribution in [-0.4, -0.2) is 41.6 Å². The van der Waals surface area contributed by atoms with Gasteiger partial charge in [0.05, 0.1) is 18.9 Å². The second-order valence-electron chi connectivity index (χ2n) is 10.7. The quantitative estimate of drug-likeness (QED) is 0.438. The maximum atomic E-state index is 14.8. The summed E-state index contributed by atoms with van der Waals surface area (Å²) in [5.74, 6) is -3.39. The molecule has 8 nitrogen and oxygen atoms in total. The minimum atomic E-state index is -1.09. The summed E-state index contributed by atoms with van der Waals surface area (Å²) in [7, 11) is 1.22. The Morgan fingerprint density at radius 3 is 2.38 bits per heavy atom. The summed E-state index contributed by atoms with van der Waals surface area (Å²) in [5, 5.41) is 5.94. The number of aromatic nitrogens is 1. The van der Waals surface area contributed by atoms with E-state index in [9.17, 15) is 22.8 Å². The number of nitrogens with zero attached hydrogens (tertiary/aromatic N) is 2. The fraction of sp³-hybridized carbons (Fsp3) is 0.429. The van der Waals surface area contributed by atoms with Crippen molar-refractivity contribution in [1.82, 2.24) is 15.6 Å². The second-order valence-corrected chi connectivity index (χ2v) is 11.1. The van der Waals surface area contributed by atoms with Crippen molar-refractivity contribution < 1.29 is 32.2 Å². The van der Waals surface area contributed by atoms with E-state index in [0.29, 0.717) is 43.0 Å². The van der Waals surface area contributed by atoms with E-state index in [0.717, 1.165) is 12.3 Å². The molecule has 1 aromatic carbocycles. The highest BCUT2D eigenvalue weighted by atomic mass is 35.5. The van der Waals surface area contributed by atoms with E-state index in [1.165, 1.54) is 19.2 Å². The first-order valence-electron chi connectivity index (χ1n) is 12.8. The summed E-state index contributed by atoms with van der Waals surface area (Å²) in [6, 6.07) is 3.11. The Bertz CT molecular complexity index is 1370. The van der Waals surface area contributed by atoms with E-state index in [2.05, 4.69) is 20.6 Å². The Morgan fingerprint density at radius 2 is 1.77 bits per heavy atom. The number of alkyl carbamates (subject to hydrolysis) is 1. The number of rotatable bonds is 5. The van der Waals surface area contributed by atoms with Crippen LogP contribution >= 0.6 is 11.6 Å². The lowest BCUT2D eigenvalue weighted by Gasteiger charge is -2.35. The third-order valence-corrected chi connectivity index (χ3v) is 6.95. The predicted octanol–water partition coefficient (Wildman–Crippen LogP) is 5.75. The number of carbonyl (C=O) groups excluding carboxylic acids is 2. The van der Waals surface area contributed by atoms with E-state index in [1.54, 1.807) is 20.8 Å². The molecule has 2 aliphatic rings. The van der Waals surface area contributed by atoms with Crippen molar-refractivity contribution in [2.45, 2.75) is 64.1 Å². The Morgan fingerprint density at radius 1 is 1.07 bits per heavy atom. The third-order valence-electron chi connectivity index (χ3n) is 6.63. The molecule has 1 aliphatic carbocycles. The molecule has 2 aromatic rings. The van der Waals surface area contributed by atoms with Gasteiger partial charge in [-0.05, 0) is 64.5 Å². The van der Waals surface area contributed by atoms with Crippen LogP contribution in [0.1, 0.15) is 63.8 Å². The van der Waals surface area contributed by atoms with Crippen LogP contribution in [-0.2, 0) is 14.3 Å². The van der Waals surface area contributed by atoms with Gasteiger partial charge >= 0.3 is 12.1 Å². The number of hydrogen-bond donors (Lipinski definition) is 2. The molecule has 1 saturated carbocycles. The molecule has 1 fully saturated rings. The zero-order valence-electron chi connectivity index (χ0n) is 22.5. The number of nitrogens with one attached hydrogen (secondary N) is 2. The summed E-state index contributed by atoms with van der Waals surface area (Å²) in [6.07, 6.45) is 2.57. The first kappa shape index (κ1) is 29.4. The minimum absolute atomic E-state index is 0.00793. The number of aliphatic imine (C=N–C) groups is 1. The molecule has 0 saturated heterocycles. The minimum Gasteiger partial charge on any atom is -0.466 e. The maximum absolute atomic E-state index is 14.8. The molecule has 0 radical (unpaired) electrons. The lowest BCUT2D eigenvalue weighted by molar-refractivity contribution is -0.136. The molecular formula is C28H30ClF3N4O4. The molecule has 1 atom stereocenters. The molecule has 1 unspecified atom stereocenters. The van der Waals surface area contributed by atoms with Gasteiger partial charge in [0, 0.05) is 28.4 Å². The Hall–Kier alpha value is -3.60. The summed E-state index contributed by atoms with van der Waals surface area (Å²) in [6.45, 7) is 5.34. The molecule has 40 heavy (non-hydrogen) atoms. The number of allylic oxidation sites excluding steroid dienone is 1. The lowest BCUT2D eigenvalue weighted by Crippen LogP contribution is -2.43. The fourth-order valence-electron chi connectivity index (χ4n) is 4.88. The van der Waals surface area contributed by atoms with Crippen LogP contribution < -0.4 is 10.6 Å². The van der Waals surface area contributed by atoms with Crippen molar-refractivity contribution in [3.05, 3.63) is 75.5 Å². The van der Waals surface area contributed by atoms with Gasteiger partial charge in [-0.15, -0.1) is 0 Å². The summed E-state index contributed by atoms with van der Waals surface area (Å²) in [4.78, 5) is 33.8. The number of hydrogen-bond acceptors (Lipinski definition) is 7. The summed E-state index contributed by atoms with van der Waals surface area (Å²) in [5.41, 5.74) is -0.0489. The van der Waals surface area contributed by atoms with E-state index < -0.39 is 41.2 Å². The number of methoxy groups -OCH3 is 1. The van der Waals surface area contributed by atoms with Crippen LogP contribution in [0.3, 0.4) is 0 Å². The highest BCUT2D eigenvalue weighted by molar-refractivity contribution is 6.31. The predicted molar refractivity (Wildman–Crippen MR) is 142 cm³/mol. The maximum Gasteiger partial charge on any atom is 0.407 e. The van der Waals surface area contributed by atoms with Gasteiger partial charge in [-0.25, -0.2) is 27.7 Å². The smallest absolute Gasteiger partial charge is 0.407 e. The standard InChI is InChI=1S/C28H30ClF3N4O4/c1-28(2,3)40-27(38)34-17-8-5-14(6-9-17)22-21(26(37)39-4)23(18-10-7-15(30)11-19(18)29)36-25(35-22)24-20(32)12-16(31)13-33-24/h7,10-14,17,23H,5-6,8-9H2,1-4H3,(H,34,38)(H,35,36). The van der Waals surface area contributed by atoms with E-state index in [-0.39, 0.29) is 34.1 Å². The van der Waals surface area contributed by atoms with Gasteiger partial charge < -0.3 is 20.1 Å². The average molecular weight is 579 g/mol. The Balaban J connectivity index is 1.71. The Labute approximate surface area is 235 Å². The molecule has 2 N–H and O–H groups in total. The number of amides is 1. The Kier molecular flexibility index (Phi) is 8.72. The molecule has 1 aromatic heterocycles. The van der Waals surface area contributed by atoms with Crippen LogP contribution in [0.25, 0.3) is 0 Å². The van der Waals surface area contributed by atoms with Gasteiger partial charge in [-0.1, -0.05) is 17.7 Å². The molecule has 214 valence electrons. The van der Waals surface area contributed by atoms with Gasteiger partial charge in [-0.2, -0.15) is 0 Å². The van der Waals surface area contributed by atoms with Crippen molar-refractivity contribution in [1.29, 1.82) is 0 Å². The lowest BCUT2D eigenvalue weighted by atomic mass is 9.80. The van der Waals surface area contributed by atoms with Crippen molar-refractivity contribution in [3.8, 4) is 0 Å². The van der Waals surface area contributed by atoms with Crippen LogP contribution in [0.4, 0.5) is 18.0 Å². The number of amidine groups is 1. The number of benzene rings is 1. The summed E-state index contributed by atoms with van der Waals surface area (Å²) < 4.78 is 52.8. The van der Waals surface area contributed by atoms with Crippen LogP contribution in [0, 0.1) is 23.4 Å². The zero-order valence-corrected chi connectivity index (χ0v) is 23.2. The molecule has 12 heteroatoms. The monoisotopic (exact) mass is 578 g/mol. The molecule has 1 amide bonds. The number of carbonyl (C=O) groups is 2. The normalized spacial score (nSPS) is 21.3. The van der Waals surface area contributed by atoms with E-state index in [4.69, 9.17) is 21.1 Å². The van der Waals surface area contributed by atoms with Gasteiger partial charge in [0.2, 0.25) is 0 Å². The van der Waals surface area contributed by atoms with Crippen LogP contribution in [0.15, 0.2) is 46.7 Å². The van der Waals surface area contributed by atoms with Gasteiger partial charge in [-0.3, -0.25) is 4.99 Å². The highest BCUT2D eigenvalue weighted by Gasteiger charge is 2.38.